The Bertz CT molecular complexity index is 340. The average Bonchev–Trinajstić information content (AvgIpc) is 2.60. The molecule has 0 aromatic carbocycles. The highest BCUT2D eigenvalue weighted by Crippen LogP contribution is 2.27. The zero-order chi connectivity index (χ0) is 11.4. The number of nitrogens with one attached hydrogen (secondary N) is 1. The number of thiophene rings is 1. The fourth-order valence-electron chi connectivity index (χ4n) is 1.16. The first kappa shape index (κ1) is 12.7. The molecule has 0 bridgehead atoms. The van der Waals surface area contributed by atoms with E-state index in [0.29, 0.717) is 0 Å². The summed E-state index contributed by atoms with van der Waals surface area (Å²) in [7, 11) is 0. The summed E-state index contributed by atoms with van der Waals surface area (Å²) in [6, 6.07) is 3.31. The van der Waals surface area contributed by atoms with Crippen molar-refractivity contribution < 1.29 is 9.90 Å². The molecule has 1 aromatic rings. The molecule has 0 spiro atoms. The van der Waals surface area contributed by atoms with Gasteiger partial charge in [-0.25, -0.2) is 0 Å². The number of carbonyl (C=O) groups is 1. The highest BCUT2D eigenvalue weighted by molar-refractivity contribution is 9.11. The predicted octanol–water partition coefficient (Wildman–Crippen LogP) is 3.02. The largest absolute Gasteiger partial charge is 0.480 e. The molecule has 1 rings (SSSR count). The fourth-order valence-corrected chi connectivity index (χ4v) is 2.64. The van der Waals surface area contributed by atoms with Gasteiger partial charge in [0.2, 0.25) is 0 Å². The Balaban J connectivity index is 2.79. The van der Waals surface area contributed by atoms with Gasteiger partial charge in [0, 0.05) is 10.9 Å². The number of hydrogen-bond acceptors (Lipinski definition) is 3. The average molecular weight is 292 g/mol. The van der Waals surface area contributed by atoms with E-state index in [1.54, 1.807) is 0 Å². The zero-order valence-corrected chi connectivity index (χ0v) is 11.1. The standard InChI is InChI=1S/C10H14BrNO2S/c1-3-6(2)12-9(10(13)14)7-4-5-8(11)15-7/h4-6,9,12H,3H2,1-2H3,(H,13,14). The van der Waals surface area contributed by atoms with Crippen LogP contribution < -0.4 is 5.32 Å². The summed E-state index contributed by atoms with van der Waals surface area (Å²) < 4.78 is 0.953. The van der Waals surface area contributed by atoms with Crippen molar-refractivity contribution in [2.24, 2.45) is 0 Å². The van der Waals surface area contributed by atoms with E-state index < -0.39 is 12.0 Å². The van der Waals surface area contributed by atoms with Gasteiger partial charge in [0.05, 0.1) is 3.79 Å². The maximum atomic E-state index is 11.1. The normalized spacial score (nSPS) is 14.9. The molecule has 0 radical (unpaired) electrons. The Morgan fingerprint density at radius 3 is 2.73 bits per heavy atom. The molecule has 0 fully saturated rings. The zero-order valence-electron chi connectivity index (χ0n) is 8.66. The number of halogens is 1. The highest BCUT2D eigenvalue weighted by atomic mass is 79.9. The summed E-state index contributed by atoms with van der Waals surface area (Å²) in [5.74, 6) is -0.829. The quantitative estimate of drug-likeness (QED) is 0.877. The van der Waals surface area contributed by atoms with Crippen LogP contribution in [0.5, 0.6) is 0 Å². The molecule has 0 aliphatic heterocycles. The molecular weight excluding hydrogens is 278 g/mol. The molecule has 5 heteroatoms. The van der Waals surface area contributed by atoms with Gasteiger partial charge < -0.3 is 5.11 Å². The van der Waals surface area contributed by atoms with E-state index in [0.717, 1.165) is 15.1 Å². The maximum Gasteiger partial charge on any atom is 0.326 e. The van der Waals surface area contributed by atoms with Gasteiger partial charge >= 0.3 is 5.97 Å². The molecule has 2 atom stereocenters. The summed E-state index contributed by atoms with van der Waals surface area (Å²) in [5, 5.41) is 12.2. The Kier molecular flexibility index (Phi) is 4.76. The predicted molar refractivity (Wildman–Crippen MR) is 65.3 cm³/mol. The van der Waals surface area contributed by atoms with E-state index in [4.69, 9.17) is 5.11 Å². The Morgan fingerprint density at radius 2 is 2.33 bits per heavy atom. The lowest BCUT2D eigenvalue weighted by Crippen LogP contribution is -2.34. The summed E-state index contributed by atoms with van der Waals surface area (Å²) in [5.41, 5.74) is 0. The van der Waals surface area contributed by atoms with Crippen LogP contribution in [0.4, 0.5) is 0 Å². The van der Waals surface area contributed by atoms with E-state index in [-0.39, 0.29) is 6.04 Å². The number of aliphatic carboxylic acids is 1. The minimum atomic E-state index is -0.829. The molecule has 3 nitrogen and oxygen atoms in total. The van der Waals surface area contributed by atoms with Gasteiger partial charge in [-0.05, 0) is 41.4 Å². The maximum absolute atomic E-state index is 11.1. The van der Waals surface area contributed by atoms with Crippen LogP contribution in [-0.4, -0.2) is 17.1 Å². The molecule has 0 aliphatic carbocycles. The molecular formula is C10H14BrNO2S. The van der Waals surface area contributed by atoms with Gasteiger partial charge in [0.1, 0.15) is 6.04 Å². The van der Waals surface area contributed by atoms with Gasteiger partial charge in [0.15, 0.2) is 0 Å². The second kappa shape index (κ2) is 5.63. The first-order valence-corrected chi connectivity index (χ1v) is 6.39. The van der Waals surface area contributed by atoms with Crippen LogP contribution in [0.2, 0.25) is 0 Å². The molecule has 0 amide bonds. The third kappa shape index (κ3) is 3.59. The van der Waals surface area contributed by atoms with Crippen LogP contribution in [-0.2, 0) is 4.79 Å². The van der Waals surface area contributed by atoms with E-state index in [9.17, 15) is 4.79 Å². The first-order chi connectivity index (χ1) is 7.04. The number of carboxylic acids is 1. The SMILES string of the molecule is CCC(C)NC(C(=O)O)c1ccc(Br)s1. The summed E-state index contributed by atoms with van der Waals surface area (Å²) in [6.07, 6.45) is 0.913. The van der Waals surface area contributed by atoms with Gasteiger partial charge in [-0.15, -0.1) is 11.3 Å². The van der Waals surface area contributed by atoms with Crippen LogP contribution in [0.15, 0.2) is 15.9 Å². The molecule has 1 heterocycles. The number of carboxylic acid groups (broad SMARTS) is 1. The number of hydrogen-bond donors (Lipinski definition) is 2. The molecule has 2 N–H and O–H groups in total. The van der Waals surface area contributed by atoms with Crippen LogP contribution >= 0.6 is 27.3 Å². The lowest BCUT2D eigenvalue weighted by Gasteiger charge is -2.17. The van der Waals surface area contributed by atoms with Crippen LogP contribution in [0.1, 0.15) is 31.2 Å². The Labute approximate surface area is 102 Å². The minimum absolute atomic E-state index is 0.201. The van der Waals surface area contributed by atoms with Crippen LogP contribution in [0, 0.1) is 0 Å². The molecule has 0 aliphatic rings. The summed E-state index contributed by atoms with van der Waals surface area (Å²) >= 11 is 4.78. The van der Waals surface area contributed by atoms with Gasteiger partial charge in [-0.3, -0.25) is 10.1 Å². The van der Waals surface area contributed by atoms with Crippen molar-refractivity contribution in [1.29, 1.82) is 0 Å². The number of rotatable bonds is 5. The van der Waals surface area contributed by atoms with Crippen molar-refractivity contribution in [1.82, 2.24) is 5.32 Å². The fraction of sp³-hybridized carbons (Fsp3) is 0.500. The van der Waals surface area contributed by atoms with Crippen molar-refractivity contribution in [3.8, 4) is 0 Å². The van der Waals surface area contributed by atoms with Crippen molar-refractivity contribution >= 4 is 33.2 Å². The van der Waals surface area contributed by atoms with Gasteiger partial charge in [-0.1, -0.05) is 6.92 Å². The topological polar surface area (TPSA) is 49.3 Å². The lowest BCUT2D eigenvalue weighted by molar-refractivity contribution is -0.139. The second-order valence-electron chi connectivity index (χ2n) is 3.39. The van der Waals surface area contributed by atoms with Crippen LogP contribution in [0.3, 0.4) is 0 Å². The third-order valence-electron chi connectivity index (χ3n) is 2.19. The second-order valence-corrected chi connectivity index (χ2v) is 5.88. The third-order valence-corrected chi connectivity index (χ3v) is 3.88. The molecule has 0 saturated carbocycles. The van der Waals surface area contributed by atoms with Gasteiger partial charge in [-0.2, -0.15) is 0 Å². The molecule has 15 heavy (non-hydrogen) atoms. The van der Waals surface area contributed by atoms with E-state index in [1.165, 1.54) is 11.3 Å². The first-order valence-electron chi connectivity index (χ1n) is 4.78. The van der Waals surface area contributed by atoms with Crippen molar-refractivity contribution in [3.05, 3.63) is 20.8 Å². The highest BCUT2D eigenvalue weighted by Gasteiger charge is 2.22. The molecule has 2 unspecified atom stereocenters. The monoisotopic (exact) mass is 291 g/mol. The molecule has 84 valence electrons. The van der Waals surface area contributed by atoms with Crippen LogP contribution in [0.25, 0.3) is 0 Å². The molecule has 0 saturated heterocycles. The Hall–Kier alpha value is -0.390. The summed E-state index contributed by atoms with van der Waals surface area (Å²) in [6.45, 7) is 4.01. The summed E-state index contributed by atoms with van der Waals surface area (Å²) in [4.78, 5) is 11.9. The lowest BCUT2D eigenvalue weighted by atomic mass is 10.2. The molecule has 1 aromatic heterocycles. The Morgan fingerprint density at radius 1 is 1.67 bits per heavy atom. The van der Waals surface area contributed by atoms with Crippen molar-refractivity contribution in [3.63, 3.8) is 0 Å². The minimum Gasteiger partial charge on any atom is -0.480 e. The van der Waals surface area contributed by atoms with Crippen molar-refractivity contribution in [2.45, 2.75) is 32.4 Å². The van der Waals surface area contributed by atoms with Gasteiger partial charge in [0.25, 0.3) is 0 Å². The van der Waals surface area contributed by atoms with E-state index in [1.807, 2.05) is 26.0 Å². The smallest absolute Gasteiger partial charge is 0.326 e. The van der Waals surface area contributed by atoms with E-state index >= 15 is 0 Å². The van der Waals surface area contributed by atoms with Crippen molar-refractivity contribution in [2.75, 3.05) is 0 Å². The van der Waals surface area contributed by atoms with E-state index in [2.05, 4.69) is 21.2 Å².